The molecule has 1 aromatic carbocycles. The Hall–Kier alpha value is -0.860. The van der Waals surface area contributed by atoms with Crippen molar-refractivity contribution in [3.05, 3.63) is 34.9 Å². The van der Waals surface area contributed by atoms with Gasteiger partial charge in [0, 0.05) is 6.54 Å². The van der Waals surface area contributed by atoms with Crippen molar-refractivity contribution in [1.29, 1.82) is 0 Å². The number of aryl methyl sites for hydroxylation is 2. The summed E-state index contributed by atoms with van der Waals surface area (Å²) >= 11 is 0. The van der Waals surface area contributed by atoms with Crippen LogP contribution in [0.3, 0.4) is 0 Å². The molecule has 0 spiro atoms. The van der Waals surface area contributed by atoms with Gasteiger partial charge in [0.15, 0.2) is 0 Å². The predicted molar refractivity (Wildman–Crippen MR) is 73.3 cm³/mol. The zero-order valence-corrected chi connectivity index (χ0v) is 11.1. The van der Waals surface area contributed by atoms with Crippen molar-refractivity contribution >= 4 is 0 Å². The summed E-state index contributed by atoms with van der Waals surface area (Å²) in [5.41, 5.74) is 4.59. The molecule has 0 aliphatic heterocycles. The zero-order chi connectivity index (χ0) is 12.1. The lowest BCUT2D eigenvalue weighted by molar-refractivity contribution is 0.394. The van der Waals surface area contributed by atoms with E-state index >= 15 is 0 Å². The third-order valence-corrected chi connectivity index (χ3v) is 3.45. The Labute approximate surface area is 105 Å². The van der Waals surface area contributed by atoms with E-state index in [2.05, 4.69) is 42.5 Å². The third-order valence-electron chi connectivity index (χ3n) is 3.45. The van der Waals surface area contributed by atoms with E-state index in [4.69, 9.17) is 0 Å². The first-order valence-corrected chi connectivity index (χ1v) is 6.72. The Bertz CT molecular complexity index is 358. The van der Waals surface area contributed by atoms with Crippen molar-refractivity contribution in [1.82, 2.24) is 10.2 Å². The van der Waals surface area contributed by atoms with Gasteiger partial charge in [-0.15, -0.1) is 0 Å². The van der Waals surface area contributed by atoms with Crippen LogP contribution in [0.5, 0.6) is 0 Å². The van der Waals surface area contributed by atoms with Gasteiger partial charge in [0.05, 0.1) is 0 Å². The number of benzene rings is 1. The van der Waals surface area contributed by atoms with Crippen molar-refractivity contribution in [2.24, 2.45) is 0 Å². The van der Waals surface area contributed by atoms with Crippen LogP contribution in [0, 0.1) is 0 Å². The minimum absolute atomic E-state index is 1.01. The molecule has 0 saturated carbocycles. The monoisotopic (exact) mass is 232 g/mol. The van der Waals surface area contributed by atoms with Crippen LogP contribution < -0.4 is 5.32 Å². The van der Waals surface area contributed by atoms with Crippen LogP contribution in [0.1, 0.15) is 29.5 Å². The summed E-state index contributed by atoms with van der Waals surface area (Å²) in [5.74, 6) is 0. The predicted octanol–water partition coefficient (Wildman–Crippen LogP) is 2.22. The molecule has 1 aromatic rings. The molecule has 0 unspecified atom stereocenters. The average Bonchev–Trinajstić information content (AvgIpc) is 2.75. The maximum absolute atomic E-state index is 3.52. The van der Waals surface area contributed by atoms with Gasteiger partial charge in [-0.3, -0.25) is 0 Å². The summed E-state index contributed by atoms with van der Waals surface area (Å²) in [6.45, 7) is 3.28. The Kier molecular flexibility index (Phi) is 4.57. The van der Waals surface area contributed by atoms with Crippen molar-refractivity contribution in [2.75, 3.05) is 27.2 Å². The molecule has 0 bridgehead atoms. The number of nitrogens with one attached hydrogen (secondary N) is 1. The number of rotatable bonds is 6. The zero-order valence-electron chi connectivity index (χ0n) is 11.1. The van der Waals surface area contributed by atoms with Crippen LogP contribution in [0.15, 0.2) is 18.2 Å². The van der Waals surface area contributed by atoms with E-state index in [0.717, 1.165) is 19.6 Å². The number of nitrogens with zero attached hydrogens (tertiary/aromatic N) is 1. The molecule has 0 aromatic heterocycles. The highest BCUT2D eigenvalue weighted by atomic mass is 15.0. The smallest absolute Gasteiger partial charge is 0.0205 e. The molecule has 1 aliphatic rings. The first kappa shape index (κ1) is 12.6. The van der Waals surface area contributed by atoms with Gasteiger partial charge in [-0.1, -0.05) is 18.2 Å². The van der Waals surface area contributed by atoms with Crippen LogP contribution in [-0.4, -0.2) is 32.1 Å². The SMILES string of the molecule is CN(C)CCCNCc1ccc2c(c1)CCC2. The summed E-state index contributed by atoms with van der Waals surface area (Å²) in [6, 6.07) is 6.99. The highest BCUT2D eigenvalue weighted by Crippen LogP contribution is 2.22. The molecule has 0 saturated heterocycles. The highest BCUT2D eigenvalue weighted by molar-refractivity contribution is 5.35. The molecule has 1 aliphatic carbocycles. The molecule has 0 radical (unpaired) electrons. The minimum atomic E-state index is 1.01. The van der Waals surface area contributed by atoms with Crippen LogP contribution in [0.4, 0.5) is 0 Å². The van der Waals surface area contributed by atoms with Gasteiger partial charge in [-0.25, -0.2) is 0 Å². The van der Waals surface area contributed by atoms with Crippen molar-refractivity contribution in [2.45, 2.75) is 32.2 Å². The largest absolute Gasteiger partial charge is 0.313 e. The van der Waals surface area contributed by atoms with Gasteiger partial charge in [0.2, 0.25) is 0 Å². The molecule has 2 heteroatoms. The maximum Gasteiger partial charge on any atom is 0.0205 e. The van der Waals surface area contributed by atoms with E-state index in [9.17, 15) is 0 Å². The van der Waals surface area contributed by atoms with Gasteiger partial charge in [0.25, 0.3) is 0 Å². The van der Waals surface area contributed by atoms with Gasteiger partial charge >= 0.3 is 0 Å². The molecule has 0 fully saturated rings. The van der Waals surface area contributed by atoms with Gasteiger partial charge in [0.1, 0.15) is 0 Å². The molecule has 1 N–H and O–H groups in total. The van der Waals surface area contributed by atoms with Crippen LogP contribution >= 0.6 is 0 Å². The standard InChI is InChI=1S/C15H24N2/c1-17(2)10-4-9-16-12-13-7-8-14-5-3-6-15(14)11-13/h7-8,11,16H,3-6,9-10,12H2,1-2H3. The van der Waals surface area contributed by atoms with Crippen molar-refractivity contribution in [3.63, 3.8) is 0 Å². The summed E-state index contributed by atoms with van der Waals surface area (Å²) in [4.78, 5) is 2.23. The van der Waals surface area contributed by atoms with Crippen LogP contribution in [0.25, 0.3) is 0 Å². The number of fused-ring (bicyclic) bond motifs is 1. The first-order chi connectivity index (χ1) is 8.25. The van der Waals surface area contributed by atoms with E-state index in [0.29, 0.717) is 0 Å². The summed E-state index contributed by atoms with van der Waals surface area (Å²) in [5, 5.41) is 3.52. The fourth-order valence-electron chi connectivity index (χ4n) is 2.49. The van der Waals surface area contributed by atoms with Crippen LogP contribution in [0.2, 0.25) is 0 Å². The van der Waals surface area contributed by atoms with Crippen molar-refractivity contribution in [3.8, 4) is 0 Å². The second-order valence-corrected chi connectivity index (χ2v) is 5.29. The molecular formula is C15H24N2. The van der Waals surface area contributed by atoms with E-state index in [-0.39, 0.29) is 0 Å². The van der Waals surface area contributed by atoms with E-state index < -0.39 is 0 Å². The topological polar surface area (TPSA) is 15.3 Å². The lowest BCUT2D eigenvalue weighted by Gasteiger charge is -2.10. The number of hydrogen-bond donors (Lipinski definition) is 1. The number of hydrogen-bond acceptors (Lipinski definition) is 2. The van der Waals surface area contributed by atoms with Gasteiger partial charge in [-0.2, -0.15) is 0 Å². The highest BCUT2D eigenvalue weighted by Gasteiger charge is 2.10. The normalized spacial score (nSPS) is 14.3. The Balaban J connectivity index is 1.72. The van der Waals surface area contributed by atoms with E-state index in [1.165, 1.54) is 31.2 Å². The lowest BCUT2D eigenvalue weighted by atomic mass is 10.1. The summed E-state index contributed by atoms with van der Waals surface area (Å²) in [7, 11) is 4.25. The Morgan fingerprint density at radius 3 is 2.82 bits per heavy atom. The molecule has 0 atom stereocenters. The van der Waals surface area contributed by atoms with E-state index in [1.54, 1.807) is 11.1 Å². The molecule has 94 valence electrons. The fourth-order valence-corrected chi connectivity index (χ4v) is 2.49. The minimum Gasteiger partial charge on any atom is -0.313 e. The quantitative estimate of drug-likeness (QED) is 0.757. The van der Waals surface area contributed by atoms with Crippen molar-refractivity contribution < 1.29 is 0 Å². The van der Waals surface area contributed by atoms with Gasteiger partial charge < -0.3 is 10.2 Å². The second kappa shape index (κ2) is 6.18. The molecule has 0 heterocycles. The second-order valence-electron chi connectivity index (χ2n) is 5.29. The van der Waals surface area contributed by atoms with Gasteiger partial charge in [-0.05, 0) is 69.6 Å². The maximum atomic E-state index is 3.52. The summed E-state index contributed by atoms with van der Waals surface area (Å²) in [6.07, 6.45) is 5.13. The third kappa shape index (κ3) is 3.83. The molecule has 2 nitrogen and oxygen atoms in total. The molecule has 0 amide bonds. The average molecular weight is 232 g/mol. The molecular weight excluding hydrogens is 208 g/mol. The lowest BCUT2D eigenvalue weighted by Crippen LogP contribution is -2.21. The fraction of sp³-hybridized carbons (Fsp3) is 0.600. The summed E-state index contributed by atoms with van der Waals surface area (Å²) < 4.78 is 0. The first-order valence-electron chi connectivity index (χ1n) is 6.72. The van der Waals surface area contributed by atoms with E-state index in [1.807, 2.05) is 0 Å². The van der Waals surface area contributed by atoms with Crippen LogP contribution in [-0.2, 0) is 19.4 Å². The Morgan fingerprint density at radius 2 is 2.00 bits per heavy atom. The Morgan fingerprint density at radius 1 is 1.18 bits per heavy atom. The molecule has 17 heavy (non-hydrogen) atoms. The molecule has 2 rings (SSSR count).